The van der Waals surface area contributed by atoms with Gasteiger partial charge in [0.15, 0.2) is 0 Å². The zero-order chi connectivity index (χ0) is 30.6. The lowest BCUT2D eigenvalue weighted by molar-refractivity contribution is -0.154. The summed E-state index contributed by atoms with van der Waals surface area (Å²) in [7, 11) is 0. The number of nitrogens with one attached hydrogen (secondary N) is 1. The standard InChI is InChI=1S/C29H45F3N2O6/c1-8-16(3)39-14-20(33)11-15(2)22-10-9-19(29(30,31)32)12-21-25(34-21)17(4)26(37)18(5)27(38)28(6,7)23(35)13-24(36)40-22/h9,11,14,16-18,21-23,25-26,34-35,37H,8,10,12-13,33H2,1-7H3/b15-11+,19-9+,20-14-/t16?,17-,18+,21?,22-,23-,25?,26-/m0/s1. The van der Waals surface area contributed by atoms with Gasteiger partial charge in [-0.1, -0.05) is 40.7 Å². The molecular formula is C29H45F3N2O6. The number of aliphatic hydroxyl groups excluding tert-OH is 2. The van der Waals surface area contributed by atoms with Crippen LogP contribution in [0.4, 0.5) is 13.2 Å². The fraction of sp³-hybridized carbons (Fsp3) is 0.724. The Labute approximate surface area is 234 Å². The van der Waals surface area contributed by atoms with Crippen LogP contribution in [0.3, 0.4) is 0 Å². The smallest absolute Gasteiger partial charge is 0.412 e. The molecule has 40 heavy (non-hydrogen) atoms. The minimum absolute atomic E-state index is 0.0936. The van der Waals surface area contributed by atoms with E-state index in [0.29, 0.717) is 5.57 Å². The predicted octanol–water partition coefficient (Wildman–Crippen LogP) is 4.06. The summed E-state index contributed by atoms with van der Waals surface area (Å²) in [5, 5.41) is 24.7. The van der Waals surface area contributed by atoms with Crippen molar-refractivity contribution in [2.24, 2.45) is 23.0 Å². The second-order valence-electron chi connectivity index (χ2n) is 11.7. The molecule has 2 aliphatic heterocycles. The summed E-state index contributed by atoms with van der Waals surface area (Å²) >= 11 is 0. The molecule has 0 aromatic rings. The summed E-state index contributed by atoms with van der Waals surface area (Å²) in [6, 6.07) is -0.956. The first-order valence-corrected chi connectivity index (χ1v) is 13.8. The van der Waals surface area contributed by atoms with Crippen LogP contribution in [0.2, 0.25) is 0 Å². The minimum Gasteiger partial charge on any atom is -0.496 e. The Bertz CT molecular complexity index is 1010. The third-order valence-corrected chi connectivity index (χ3v) is 8.16. The number of ketones is 1. The lowest BCUT2D eigenvalue weighted by atomic mass is 9.73. The maximum Gasteiger partial charge on any atom is 0.412 e. The summed E-state index contributed by atoms with van der Waals surface area (Å²) in [6.07, 6.45) is -5.06. The summed E-state index contributed by atoms with van der Waals surface area (Å²) in [4.78, 5) is 26.1. The molecule has 5 N–H and O–H groups in total. The Kier molecular flexibility index (Phi) is 11.4. The van der Waals surface area contributed by atoms with Crippen LogP contribution in [-0.2, 0) is 19.1 Å². The topological polar surface area (TPSA) is 141 Å². The molecule has 8 atom stereocenters. The molecule has 0 saturated carbocycles. The number of esters is 1. The number of aliphatic hydroxyl groups is 2. The quantitative estimate of drug-likeness (QED) is 0.127. The number of halogens is 3. The SMILES string of the molecule is CCC(C)O/C=C(N)/C=C(\C)[C@@H]1C/C=C(/C(F)(F)F)CC2NC2[C@H](C)[C@H](O)[C@@H](C)C(=O)C(C)(C)[C@@H](O)CC(=O)O1. The molecule has 1 saturated heterocycles. The van der Waals surface area contributed by atoms with Gasteiger partial charge in [0.25, 0.3) is 0 Å². The first-order valence-electron chi connectivity index (χ1n) is 13.8. The number of carbonyl (C=O) groups excluding carboxylic acids is 2. The number of nitrogens with two attached hydrogens (primary N) is 1. The number of rotatable bonds is 5. The van der Waals surface area contributed by atoms with Gasteiger partial charge in [-0.3, -0.25) is 9.59 Å². The number of allylic oxidation sites excluding steroid dienone is 1. The second-order valence-corrected chi connectivity index (χ2v) is 11.7. The second kappa shape index (κ2) is 13.5. The van der Waals surface area contributed by atoms with Gasteiger partial charge in [-0.25, -0.2) is 0 Å². The zero-order valence-electron chi connectivity index (χ0n) is 24.4. The van der Waals surface area contributed by atoms with E-state index in [2.05, 4.69) is 5.32 Å². The fourth-order valence-electron chi connectivity index (χ4n) is 4.90. The van der Waals surface area contributed by atoms with E-state index in [1.165, 1.54) is 33.1 Å². The zero-order valence-corrected chi connectivity index (χ0v) is 24.4. The third kappa shape index (κ3) is 8.81. The van der Waals surface area contributed by atoms with E-state index in [0.717, 1.165) is 12.5 Å². The van der Waals surface area contributed by atoms with Crippen molar-refractivity contribution >= 4 is 11.8 Å². The van der Waals surface area contributed by atoms with E-state index in [4.69, 9.17) is 15.2 Å². The van der Waals surface area contributed by atoms with Crippen molar-refractivity contribution in [3.63, 3.8) is 0 Å². The van der Waals surface area contributed by atoms with Crippen LogP contribution in [0.5, 0.6) is 0 Å². The highest BCUT2D eigenvalue weighted by atomic mass is 19.4. The minimum atomic E-state index is -4.62. The maximum absolute atomic E-state index is 14.0. The fourth-order valence-corrected chi connectivity index (χ4v) is 4.90. The average molecular weight is 575 g/mol. The molecule has 1 fully saturated rings. The van der Waals surface area contributed by atoms with Crippen LogP contribution in [0, 0.1) is 17.3 Å². The Hall–Kier alpha value is -2.37. The average Bonchev–Trinajstić information content (AvgIpc) is 3.64. The van der Waals surface area contributed by atoms with Gasteiger partial charge in [0.2, 0.25) is 0 Å². The first-order chi connectivity index (χ1) is 18.4. The monoisotopic (exact) mass is 574 g/mol. The lowest BCUT2D eigenvalue weighted by Crippen LogP contribution is -2.46. The van der Waals surface area contributed by atoms with E-state index in [-0.39, 0.29) is 24.6 Å². The van der Waals surface area contributed by atoms with Gasteiger partial charge in [-0.2, -0.15) is 13.2 Å². The van der Waals surface area contributed by atoms with E-state index in [1.54, 1.807) is 13.8 Å². The molecule has 0 bridgehead atoms. The Morgan fingerprint density at radius 2 is 1.90 bits per heavy atom. The molecule has 0 spiro atoms. The summed E-state index contributed by atoms with van der Waals surface area (Å²) < 4.78 is 53.0. The molecule has 11 heteroatoms. The van der Waals surface area contributed by atoms with E-state index >= 15 is 0 Å². The van der Waals surface area contributed by atoms with Crippen LogP contribution in [0.1, 0.15) is 74.1 Å². The van der Waals surface area contributed by atoms with E-state index < -0.39 is 77.6 Å². The number of alkyl halides is 3. The van der Waals surface area contributed by atoms with Crippen molar-refractivity contribution < 1.29 is 42.4 Å². The number of fused-ring (bicyclic) bond motifs is 1. The van der Waals surface area contributed by atoms with E-state index in [9.17, 15) is 33.0 Å². The molecule has 2 aliphatic rings. The largest absolute Gasteiger partial charge is 0.496 e. The highest BCUT2D eigenvalue weighted by Gasteiger charge is 2.49. The van der Waals surface area contributed by atoms with Crippen molar-refractivity contribution in [1.82, 2.24) is 5.32 Å². The van der Waals surface area contributed by atoms with Gasteiger partial charge in [-0.15, -0.1) is 0 Å². The van der Waals surface area contributed by atoms with Gasteiger partial charge in [0, 0.05) is 30.0 Å². The van der Waals surface area contributed by atoms with Crippen LogP contribution in [0.25, 0.3) is 0 Å². The van der Waals surface area contributed by atoms with Crippen molar-refractivity contribution in [2.45, 2.75) is 117 Å². The molecule has 228 valence electrons. The lowest BCUT2D eigenvalue weighted by Gasteiger charge is -2.34. The molecule has 0 aliphatic carbocycles. The Morgan fingerprint density at radius 3 is 2.48 bits per heavy atom. The molecule has 2 heterocycles. The molecule has 0 radical (unpaired) electrons. The summed E-state index contributed by atoms with van der Waals surface area (Å²) in [5.74, 6) is -2.78. The molecule has 2 rings (SSSR count). The number of hydrogen-bond acceptors (Lipinski definition) is 8. The van der Waals surface area contributed by atoms with Gasteiger partial charge < -0.3 is 30.7 Å². The maximum atomic E-state index is 14.0. The highest BCUT2D eigenvalue weighted by Crippen LogP contribution is 2.38. The predicted molar refractivity (Wildman–Crippen MR) is 145 cm³/mol. The van der Waals surface area contributed by atoms with Gasteiger partial charge in [0.1, 0.15) is 18.1 Å². The Balaban J connectivity index is 2.47. The molecule has 8 nitrogen and oxygen atoms in total. The van der Waals surface area contributed by atoms with Crippen molar-refractivity contribution in [3.8, 4) is 0 Å². The summed E-state index contributed by atoms with van der Waals surface area (Å²) in [6.45, 7) is 11.6. The van der Waals surface area contributed by atoms with E-state index in [1.807, 2.05) is 13.8 Å². The summed E-state index contributed by atoms with van der Waals surface area (Å²) in [5.41, 5.74) is 4.40. The molecule has 3 unspecified atom stereocenters. The van der Waals surface area contributed by atoms with Crippen LogP contribution < -0.4 is 11.1 Å². The van der Waals surface area contributed by atoms with Crippen LogP contribution in [0.15, 0.2) is 35.3 Å². The number of Topliss-reactive ketones (excluding diaryl/α,β-unsaturated/α-hetero) is 1. The molecule has 0 amide bonds. The van der Waals surface area contributed by atoms with Gasteiger partial charge in [0.05, 0.1) is 35.8 Å². The van der Waals surface area contributed by atoms with Crippen LogP contribution >= 0.6 is 0 Å². The van der Waals surface area contributed by atoms with Crippen LogP contribution in [-0.4, -0.2) is 64.6 Å². The third-order valence-electron chi connectivity index (χ3n) is 8.16. The van der Waals surface area contributed by atoms with Gasteiger partial charge in [-0.05, 0) is 44.3 Å². The molecular weight excluding hydrogens is 529 g/mol. The van der Waals surface area contributed by atoms with Crippen molar-refractivity contribution in [3.05, 3.63) is 35.3 Å². The van der Waals surface area contributed by atoms with Crippen molar-refractivity contribution in [1.29, 1.82) is 0 Å². The number of hydrogen-bond donors (Lipinski definition) is 4. The van der Waals surface area contributed by atoms with Crippen molar-refractivity contribution in [2.75, 3.05) is 0 Å². The number of carbonyl (C=O) groups is 2. The van der Waals surface area contributed by atoms with Gasteiger partial charge >= 0.3 is 12.1 Å². The number of cyclic esters (lactones) is 1. The number of ether oxygens (including phenoxy) is 2. The first kappa shape index (κ1) is 33.8. The highest BCUT2D eigenvalue weighted by molar-refractivity contribution is 5.88. The Morgan fingerprint density at radius 1 is 1.27 bits per heavy atom. The molecule has 0 aromatic carbocycles. The normalized spacial score (nSPS) is 35.2. The molecule has 0 aromatic heterocycles.